The van der Waals surface area contributed by atoms with Crippen molar-refractivity contribution in [2.24, 2.45) is 5.92 Å². The summed E-state index contributed by atoms with van der Waals surface area (Å²) in [6.45, 7) is 2.71. The summed E-state index contributed by atoms with van der Waals surface area (Å²) in [6.07, 6.45) is 4.84. The zero-order chi connectivity index (χ0) is 12.4. The highest BCUT2D eigenvalue weighted by atomic mass is 16.1. The van der Waals surface area contributed by atoms with Gasteiger partial charge in [-0.25, -0.2) is 0 Å². The lowest BCUT2D eigenvalue weighted by Gasteiger charge is -2.26. The standard InChI is InChI=1S/C15H20N2O/c18-15(17-9-11-3-1-4-11)14-6-2-5-12-10-16-8-7-13(12)14/h2,5-6,11,16H,1,3-4,7-10H2,(H,17,18). The lowest BCUT2D eigenvalue weighted by molar-refractivity contribution is 0.0938. The molecule has 1 aliphatic carbocycles. The quantitative estimate of drug-likeness (QED) is 0.852. The molecule has 1 amide bonds. The van der Waals surface area contributed by atoms with Crippen LogP contribution in [0.25, 0.3) is 0 Å². The van der Waals surface area contributed by atoms with Crippen LogP contribution in [-0.2, 0) is 13.0 Å². The first-order valence-electron chi connectivity index (χ1n) is 6.94. The zero-order valence-corrected chi connectivity index (χ0v) is 10.7. The van der Waals surface area contributed by atoms with E-state index >= 15 is 0 Å². The Hall–Kier alpha value is -1.35. The Morgan fingerprint density at radius 1 is 1.39 bits per heavy atom. The molecule has 1 aromatic rings. The molecule has 3 nitrogen and oxygen atoms in total. The van der Waals surface area contributed by atoms with E-state index in [9.17, 15) is 4.79 Å². The van der Waals surface area contributed by atoms with Gasteiger partial charge in [0.2, 0.25) is 0 Å². The average Bonchev–Trinajstić information content (AvgIpc) is 2.36. The monoisotopic (exact) mass is 244 g/mol. The molecule has 1 saturated carbocycles. The predicted octanol–water partition coefficient (Wildman–Crippen LogP) is 1.86. The van der Waals surface area contributed by atoms with Gasteiger partial charge in [0.05, 0.1) is 0 Å². The van der Waals surface area contributed by atoms with Gasteiger partial charge in [-0.3, -0.25) is 4.79 Å². The fraction of sp³-hybridized carbons (Fsp3) is 0.533. The van der Waals surface area contributed by atoms with E-state index in [-0.39, 0.29) is 5.91 Å². The molecule has 0 bridgehead atoms. The molecular formula is C15H20N2O. The summed E-state index contributed by atoms with van der Waals surface area (Å²) in [6, 6.07) is 6.06. The van der Waals surface area contributed by atoms with Gasteiger partial charge in [0, 0.05) is 18.7 Å². The van der Waals surface area contributed by atoms with Gasteiger partial charge in [-0.05, 0) is 48.9 Å². The number of hydrogen-bond acceptors (Lipinski definition) is 2. The Kier molecular flexibility index (Phi) is 3.33. The van der Waals surface area contributed by atoms with Gasteiger partial charge < -0.3 is 10.6 Å². The highest BCUT2D eigenvalue weighted by molar-refractivity contribution is 5.96. The molecule has 1 aliphatic heterocycles. The maximum atomic E-state index is 12.2. The predicted molar refractivity (Wildman–Crippen MR) is 71.5 cm³/mol. The second kappa shape index (κ2) is 5.11. The highest BCUT2D eigenvalue weighted by Gasteiger charge is 2.20. The molecule has 1 fully saturated rings. The second-order valence-corrected chi connectivity index (χ2v) is 5.38. The minimum absolute atomic E-state index is 0.112. The van der Waals surface area contributed by atoms with E-state index < -0.39 is 0 Å². The molecule has 0 spiro atoms. The molecular weight excluding hydrogens is 224 g/mol. The molecule has 0 radical (unpaired) electrons. The van der Waals surface area contributed by atoms with Crippen molar-refractivity contribution in [3.8, 4) is 0 Å². The van der Waals surface area contributed by atoms with Crippen LogP contribution in [0.2, 0.25) is 0 Å². The summed E-state index contributed by atoms with van der Waals surface area (Å²) < 4.78 is 0. The van der Waals surface area contributed by atoms with Crippen LogP contribution >= 0.6 is 0 Å². The maximum Gasteiger partial charge on any atom is 0.251 e. The number of hydrogen-bond donors (Lipinski definition) is 2. The third-order valence-electron chi connectivity index (χ3n) is 4.16. The Bertz CT molecular complexity index is 452. The van der Waals surface area contributed by atoms with Gasteiger partial charge in [-0.15, -0.1) is 0 Å². The van der Waals surface area contributed by atoms with E-state index in [4.69, 9.17) is 0 Å². The van der Waals surface area contributed by atoms with Gasteiger partial charge in [-0.1, -0.05) is 18.6 Å². The van der Waals surface area contributed by atoms with Gasteiger partial charge in [0.25, 0.3) is 5.91 Å². The summed E-state index contributed by atoms with van der Waals surface area (Å²) >= 11 is 0. The summed E-state index contributed by atoms with van der Waals surface area (Å²) in [7, 11) is 0. The molecule has 3 rings (SSSR count). The van der Waals surface area contributed by atoms with Crippen molar-refractivity contribution in [2.75, 3.05) is 13.1 Å². The van der Waals surface area contributed by atoms with Crippen LogP contribution in [0, 0.1) is 5.92 Å². The van der Waals surface area contributed by atoms with Crippen molar-refractivity contribution in [3.63, 3.8) is 0 Å². The third kappa shape index (κ3) is 2.27. The first kappa shape index (κ1) is 11.7. The summed E-state index contributed by atoms with van der Waals surface area (Å²) in [5.74, 6) is 0.829. The van der Waals surface area contributed by atoms with Crippen molar-refractivity contribution >= 4 is 5.91 Å². The molecule has 2 aliphatic rings. The number of carbonyl (C=O) groups is 1. The number of carbonyl (C=O) groups excluding carboxylic acids is 1. The first-order chi connectivity index (χ1) is 8.84. The molecule has 0 aromatic heterocycles. The van der Waals surface area contributed by atoms with Crippen LogP contribution in [0.3, 0.4) is 0 Å². The van der Waals surface area contributed by atoms with E-state index in [1.807, 2.05) is 12.1 Å². The molecule has 2 N–H and O–H groups in total. The number of amides is 1. The first-order valence-corrected chi connectivity index (χ1v) is 6.94. The summed E-state index contributed by atoms with van der Waals surface area (Å²) in [5, 5.41) is 6.44. The van der Waals surface area contributed by atoms with Crippen molar-refractivity contribution < 1.29 is 4.79 Å². The van der Waals surface area contributed by atoms with Crippen LogP contribution in [0.4, 0.5) is 0 Å². The van der Waals surface area contributed by atoms with Crippen molar-refractivity contribution in [1.82, 2.24) is 10.6 Å². The Morgan fingerprint density at radius 2 is 2.28 bits per heavy atom. The van der Waals surface area contributed by atoms with Crippen LogP contribution in [-0.4, -0.2) is 19.0 Å². The lowest BCUT2D eigenvalue weighted by atomic mass is 9.85. The van der Waals surface area contributed by atoms with Gasteiger partial charge in [0.15, 0.2) is 0 Å². The normalized spacial score (nSPS) is 18.9. The van der Waals surface area contributed by atoms with Gasteiger partial charge >= 0.3 is 0 Å². The largest absolute Gasteiger partial charge is 0.352 e. The van der Waals surface area contributed by atoms with E-state index in [1.54, 1.807) is 0 Å². The molecule has 96 valence electrons. The SMILES string of the molecule is O=C(NCC1CCC1)c1cccc2c1CCNC2. The number of fused-ring (bicyclic) bond motifs is 1. The van der Waals surface area contributed by atoms with E-state index in [0.29, 0.717) is 0 Å². The minimum Gasteiger partial charge on any atom is -0.352 e. The van der Waals surface area contributed by atoms with Crippen molar-refractivity contribution in [3.05, 3.63) is 34.9 Å². The van der Waals surface area contributed by atoms with E-state index in [1.165, 1.54) is 30.4 Å². The Balaban J connectivity index is 1.72. The van der Waals surface area contributed by atoms with Gasteiger partial charge in [-0.2, -0.15) is 0 Å². The molecule has 18 heavy (non-hydrogen) atoms. The number of nitrogens with one attached hydrogen (secondary N) is 2. The molecule has 0 saturated heterocycles. The molecule has 0 unspecified atom stereocenters. The van der Waals surface area contributed by atoms with E-state index in [0.717, 1.165) is 37.5 Å². The number of rotatable bonds is 3. The molecule has 0 atom stereocenters. The van der Waals surface area contributed by atoms with Crippen LogP contribution in [0.5, 0.6) is 0 Å². The average molecular weight is 244 g/mol. The van der Waals surface area contributed by atoms with Crippen molar-refractivity contribution in [1.29, 1.82) is 0 Å². The van der Waals surface area contributed by atoms with Gasteiger partial charge in [0.1, 0.15) is 0 Å². The zero-order valence-electron chi connectivity index (χ0n) is 10.7. The van der Waals surface area contributed by atoms with Crippen LogP contribution in [0.1, 0.15) is 40.7 Å². The lowest BCUT2D eigenvalue weighted by Crippen LogP contribution is -2.34. The van der Waals surface area contributed by atoms with E-state index in [2.05, 4.69) is 16.7 Å². The maximum absolute atomic E-state index is 12.2. The third-order valence-corrected chi connectivity index (χ3v) is 4.16. The minimum atomic E-state index is 0.112. The molecule has 1 aromatic carbocycles. The fourth-order valence-electron chi connectivity index (χ4n) is 2.77. The Morgan fingerprint density at radius 3 is 3.06 bits per heavy atom. The summed E-state index contributed by atoms with van der Waals surface area (Å²) in [5.41, 5.74) is 3.40. The highest BCUT2D eigenvalue weighted by Crippen LogP contribution is 2.25. The summed E-state index contributed by atoms with van der Waals surface area (Å²) in [4.78, 5) is 12.2. The number of benzene rings is 1. The topological polar surface area (TPSA) is 41.1 Å². The Labute approximate surface area is 108 Å². The molecule has 3 heteroatoms. The van der Waals surface area contributed by atoms with Crippen LogP contribution in [0.15, 0.2) is 18.2 Å². The van der Waals surface area contributed by atoms with Crippen molar-refractivity contribution in [2.45, 2.75) is 32.2 Å². The smallest absolute Gasteiger partial charge is 0.251 e. The second-order valence-electron chi connectivity index (χ2n) is 5.38. The van der Waals surface area contributed by atoms with Crippen LogP contribution < -0.4 is 10.6 Å². The molecule has 1 heterocycles. The fourth-order valence-corrected chi connectivity index (χ4v) is 2.77.